The number of amides is 1. The first-order valence-corrected chi connectivity index (χ1v) is 10.0. The number of hydrogen-bond acceptors (Lipinski definition) is 4. The molecule has 1 amide bonds. The van der Waals surface area contributed by atoms with E-state index in [1.54, 1.807) is 19.0 Å². The number of hydrogen-bond donors (Lipinski definition) is 2. The zero-order valence-corrected chi connectivity index (χ0v) is 16.2. The van der Waals surface area contributed by atoms with Crippen LogP contribution in [0.4, 0.5) is 0 Å². The van der Waals surface area contributed by atoms with Gasteiger partial charge in [-0.2, -0.15) is 11.8 Å². The average molecular weight is 357 g/mol. The Morgan fingerprint density at radius 1 is 1.46 bits per heavy atom. The fourth-order valence-corrected chi connectivity index (χ4v) is 4.33. The maximum Gasteiger partial charge on any atom is 0.243 e. The number of rotatable bonds is 5. The molecule has 24 heavy (non-hydrogen) atoms. The molecule has 6 nitrogen and oxygen atoms in total. The Hall–Kier alpha value is -0.950. The van der Waals surface area contributed by atoms with E-state index in [0.29, 0.717) is 12.0 Å². The van der Waals surface area contributed by atoms with E-state index < -0.39 is 0 Å². The van der Waals surface area contributed by atoms with Crippen molar-refractivity contribution in [2.45, 2.75) is 44.8 Å². The maximum absolute atomic E-state index is 11.8. The van der Waals surface area contributed by atoms with Crippen LogP contribution in [0.1, 0.15) is 33.1 Å². The van der Waals surface area contributed by atoms with E-state index in [4.69, 9.17) is 4.74 Å². The van der Waals surface area contributed by atoms with Gasteiger partial charge in [-0.25, -0.2) is 4.99 Å². The minimum atomic E-state index is 0.0105. The molecule has 2 rings (SSSR count). The predicted molar refractivity (Wildman–Crippen MR) is 101 cm³/mol. The molecule has 2 heterocycles. The molecule has 2 atom stereocenters. The van der Waals surface area contributed by atoms with Crippen molar-refractivity contribution >= 4 is 23.6 Å². The van der Waals surface area contributed by atoms with Crippen LogP contribution >= 0.6 is 11.8 Å². The molecule has 0 aromatic heterocycles. The van der Waals surface area contributed by atoms with Gasteiger partial charge in [0.05, 0.1) is 5.60 Å². The summed E-state index contributed by atoms with van der Waals surface area (Å²) in [5, 5.41) is 6.90. The predicted octanol–water partition coefficient (Wildman–Crippen LogP) is 1.32. The highest BCUT2D eigenvalue weighted by molar-refractivity contribution is 7.99. The Balaban J connectivity index is 1.95. The molecule has 2 saturated heterocycles. The van der Waals surface area contributed by atoms with Gasteiger partial charge in [-0.3, -0.25) is 4.79 Å². The highest BCUT2D eigenvalue weighted by atomic mass is 32.2. The van der Waals surface area contributed by atoms with Crippen LogP contribution in [0.3, 0.4) is 0 Å². The van der Waals surface area contributed by atoms with Crippen molar-refractivity contribution in [3.8, 4) is 0 Å². The number of carbonyl (C=O) groups excluding carboxylic acids is 1. The highest BCUT2D eigenvalue weighted by Gasteiger charge is 2.40. The van der Waals surface area contributed by atoms with Gasteiger partial charge in [0, 0.05) is 39.0 Å². The third-order valence-electron chi connectivity index (χ3n) is 4.45. The molecular weight excluding hydrogens is 324 g/mol. The molecule has 2 fully saturated rings. The molecule has 1 spiro atoms. The molecule has 0 aromatic rings. The van der Waals surface area contributed by atoms with Crippen molar-refractivity contribution < 1.29 is 9.53 Å². The van der Waals surface area contributed by atoms with Crippen LogP contribution in [0.15, 0.2) is 4.99 Å². The SMILES string of the molecule is CC(C)CNC(=NCC(=O)N(C)C)NC1CCOC2(CCSC2)C1. The van der Waals surface area contributed by atoms with Crippen molar-refractivity contribution in [1.82, 2.24) is 15.5 Å². The summed E-state index contributed by atoms with van der Waals surface area (Å²) in [5.41, 5.74) is 0.0448. The van der Waals surface area contributed by atoms with Crippen molar-refractivity contribution in [2.24, 2.45) is 10.9 Å². The van der Waals surface area contributed by atoms with E-state index in [0.717, 1.165) is 44.1 Å². The Labute approximate surface area is 150 Å². The fourth-order valence-electron chi connectivity index (χ4n) is 2.95. The molecule has 0 aromatic carbocycles. The molecule has 2 N–H and O–H groups in total. The van der Waals surface area contributed by atoms with Crippen molar-refractivity contribution in [3.05, 3.63) is 0 Å². The van der Waals surface area contributed by atoms with E-state index >= 15 is 0 Å². The Morgan fingerprint density at radius 2 is 2.25 bits per heavy atom. The number of thioether (sulfide) groups is 1. The Morgan fingerprint density at radius 3 is 2.88 bits per heavy atom. The highest BCUT2D eigenvalue weighted by Crippen LogP contribution is 2.38. The number of guanidine groups is 1. The van der Waals surface area contributed by atoms with Gasteiger partial charge in [0.2, 0.25) is 5.91 Å². The lowest BCUT2D eigenvalue weighted by atomic mass is 9.90. The minimum Gasteiger partial charge on any atom is -0.374 e. The lowest BCUT2D eigenvalue weighted by Gasteiger charge is -2.38. The third kappa shape index (κ3) is 5.84. The lowest BCUT2D eigenvalue weighted by Crippen LogP contribution is -2.52. The van der Waals surface area contributed by atoms with Gasteiger partial charge in [-0.05, 0) is 30.9 Å². The van der Waals surface area contributed by atoms with Gasteiger partial charge in [0.15, 0.2) is 5.96 Å². The molecule has 2 unspecified atom stereocenters. The van der Waals surface area contributed by atoms with Gasteiger partial charge in [0.1, 0.15) is 6.54 Å². The van der Waals surface area contributed by atoms with Gasteiger partial charge >= 0.3 is 0 Å². The molecule has 0 bridgehead atoms. The van der Waals surface area contributed by atoms with Crippen molar-refractivity contribution in [3.63, 3.8) is 0 Å². The van der Waals surface area contributed by atoms with Gasteiger partial charge in [-0.15, -0.1) is 0 Å². The first-order chi connectivity index (χ1) is 11.4. The summed E-state index contributed by atoms with van der Waals surface area (Å²) in [6, 6.07) is 0.352. The Bertz CT molecular complexity index is 448. The smallest absolute Gasteiger partial charge is 0.243 e. The number of aliphatic imine (C=N–C) groups is 1. The van der Waals surface area contributed by atoms with E-state index in [2.05, 4.69) is 29.5 Å². The average Bonchev–Trinajstić information content (AvgIpc) is 2.97. The van der Waals surface area contributed by atoms with E-state index in [1.807, 2.05) is 11.8 Å². The van der Waals surface area contributed by atoms with Crippen LogP contribution in [-0.4, -0.2) is 73.7 Å². The Kier molecular flexibility index (Phi) is 7.22. The van der Waals surface area contributed by atoms with Gasteiger partial charge in [-0.1, -0.05) is 13.8 Å². The second-order valence-corrected chi connectivity index (χ2v) is 8.50. The van der Waals surface area contributed by atoms with Crippen LogP contribution < -0.4 is 10.6 Å². The minimum absolute atomic E-state index is 0.0105. The van der Waals surface area contributed by atoms with Crippen LogP contribution in [-0.2, 0) is 9.53 Å². The standard InChI is InChI=1S/C17H32N4O2S/c1-13(2)10-18-16(19-11-15(22)21(3)4)20-14-5-7-23-17(9-14)6-8-24-12-17/h13-14H,5-12H2,1-4H3,(H2,18,19,20). The van der Waals surface area contributed by atoms with Crippen LogP contribution in [0.2, 0.25) is 0 Å². The number of nitrogens with one attached hydrogen (secondary N) is 2. The summed E-state index contributed by atoms with van der Waals surface area (Å²) in [6.07, 6.45) is 3.14. The third-order valence-corrected chi connectivity index (χ3v) is 5.67. The maximum atomic E-state index is 11.8. The molecule has 2 aliphatic rings. The number of likely N-dealkylation sites (N-methyl/N-ethyl adjacent to an activating group) is 1. The normalized spacial score (nSPS) is 27.5. The second kappa shape index (κ2) is 8.94. The summed E-state index contributed by atoms with van der Waals surface area (Å²) >= 11 is 1.98. The molecule has 0 radical (unpaired) electrons. The molecule has 0 saturated carbocycles. The summed E-state index contributed by atoms with van der Waals surface area (Å²) < 4.78 is 6.08. The zero-order chi connectivity index (χ0) is 17.6. The van der Waals surface area contributed by atoms with E-state index in [9.17, 15) is 4.79 Å². The zero-order valence-electron chi connectivity index (χ0n) is 15.4. The lowest BCUT2D eigenvalue weighted by molar-refractivity contribution is -0.127. The summed E-state index contributed by atoms with van der Waals surface area (Å²) in [7, 11) is 3.51. The molecule has 2 aliphatic heterocycles. The summed E-state index contributed by atoms with van der Waals surface area (Å²) in [5.74, 6) is 3.56. The number of carbonyl (C=O) groups is 1. The molecule has 0 aliphatic carbocycles. The molecule has 7 heteroatoms. The quantitative estimate of drug-likeness (QED) is 0.574. The van der Waals surface area contributed by atoms with Gasteiger partial charge < -0.3 is 20.3 Å². The summed E-state index contributed by atoms with van der Waals surface area (Å²) in [4.78, 5) is 17.9. The monoisotopic (exact) mass is 356 g/mol. The molecular formula is C17H32N4O2S. The second-order valence-electron chi connectivity index (χ2n) is 7.40. The summed E-state index contributed by atoms with van der Waals surface area (Å²) in [6.45, 7) is 6.13. The molecule has 138 valence electrons. The topological polar surface area (TPSA) is 66.0 Å². The van der Waals surface area contributed by atoms with E-state index in [-0.39, 0.29) is 18.1 Å². The van der Waals surface area contributed by atoms with Crippen LogP contribution in [0, 0.1) is 5.92 Å². The number of nitrogens with zero attached hydrogens (tertiary/aromatic N) is 2. The van der Waals surface area contributed by atoms with Crippen molar-refractivity contribution in [1.29, 1.82) is 0 Å². The first-order valence-electron chi connectivity index (χ1n) is 8.87. The van der Waals surface area contributed by atoms with E-state index in [1.165, 1.54) is 5.75 Å². The largest absolute Gasteiger partial charge is 0.374 e. The van der Waals surface area contributed by atoms with Crippen LogP contribution in [0.5, 0.6) is 0 Å². The van der Waals surface area contributed by atoms with Crippen molar-refractivity contribution in [2.75, 3.05) is 45.3 Å². The first kappa shape index (κ1) is 19.4. The van der Waals surface area contributed by atoms with Crippen LogP contribution in [0.25, 0.3) is 0 Å². The fraction of sp³-hybridized carbons (Fsp3) is 0.882. The van der Waals surface area contributed by atoms with Gasteiger partial charge in [0.25, 0.3) is 0 Å². The number of ether oxygens (including phenoxy) is 1.